The monoisotopic (exact) mass is 268 g/mol. The second kappa shape index (κ2) is 6.55. The van der Waals surface area contributed by atoms with E-state index in [1.54, 1.807) is 0 Å². The van der Waals surface area contributed by atoms with Gasteiger partial charge in [0.15, 0.2) is 0 Å². The van der Waals surface area contributed by atoms with Crippen LogP contribution in [-0.2, 0) is 0 Å². The van der Waals surface area contributed by atoms with Gasteiger partial charge in [-0.3, -0.25) is 0 Å². The fraction of sp³-hybridized carbons (Fsp3) is 1.00. The van der Waals surface area contributed by atoms with Crippen LogP contribution >= 0.6 is 0 Å². The van der Waals surface area contributed by atoms with Gasteiger partial charge >= 0.3 is 0 Å². The van der Waals surface area contributed by atoms with Crippen LogP contribution in [0, 0.1) is 17.8 Å². The summed E-state index contributed by atoms with van der Waals surface area (Å²) in [6, 6.07) is 0.382. The SMILES string of the molecule is CC(C)C1CCC(O)C(N(C)CC2CCN(C)C2)C1. The molecule has 0 aromatic heterocycles. The topological polar surface area (TPSA) is 26.7 Å². The fourth-order valence-corrected chi connectivity index (χ4v) is 3.96. The number of aliphatic hydroxyl groups is 1. The zero-order valence-corrected chi connectivity index (χ0v) is 13.2. The smallest absolute Gasteiger partial charge is 0.0695 e. The summed E-state index contributed by atoms with van der Waals surface area (Å²) >= 11 is 0. The first-order valence-corrected chi connectivity index (χ1v) is 8.04. The Morgan fingerprint density at radius 3 is 2.58 bits per heavy atom. The molecule has 1 aliphatic heterocycles. The molecule has 3 heteroatoms. The summed E-state index contributed by atoms with van der Waals surface area (Å²) in [6.45, 7) is 8.26. The van der Waals surface area contributed by atoms with E-state index in [0.717, 1.165) is 30.7 Å². The van der Waals surface area contributed by atoms with Crippen molar-refractivity contribution in [1.29, 1.82) is 0 Å². The van der Waals surface area contributed by atoms with Crippen LogP contribution in [0.1, 0.15) is 39.5 Å². The lowest BCUT2D eigenvalue weighted by molar-refractivity contribution is 0.00139. The normalized spacial score (nSPS) is 37.4. The highest BCUT2D eigenvalue weighted by Gasteiger charge is 2.34. The highest BCUT2D eigenvalue weighted by molar-refractivity contribution is 4.88. The van der Waals surface area contributed by atoms with E-state index in [1.165, 1.54) is 32.4 Å². The minimum absolute atomic E-state index is 0.112. The Bertz CT molecular complexity index is 282. The predicted octanol–water partition coefficient (Wildman–Crippen LogP) is 2.06. The van der Waals surface area contributed by atoms with Crippen molar-refractivity contribution in [3.63, 3.8) is 0 Å². The largest absolute Gasteiger partial charge is 0.391 e. The van der Waals surface area contributed by atoms with Gasteiger partial charge in [0.2, 0.25) is 0 Å². The van der Waals surface area contributed by atoms with Gasteiger partial charge < -0.3 is 14.9 Å². The highest BCUT2D eigenvalue weighted by Crippen LogP contribution is 2.33. The van der Waals surface area contributed by atoms with Crippen molar-refractivity contribution in [3.8, 4) is 0 Å². The van der Waals surface area contributed by atoms with Gasteiger partial charge in [-0.2, -0.15) is 0 Å². The van der Waals surface area contributed by atoms with E-state index < -0.39 is 0 Å². The van der Waals surface area contributed by atoms with Crippen molar-refractivity contribution in [2.75, 3.05) is 33.7 Å². The summed E-state index contributed by atoms with van der Waals surface area (Å²) < 4.78 is 0. The summed E-state index contributed by atoms with van der Waals surface area (Å²) in [5, 5.41) is 10.3. The van der Waals surface area contributed by atoms with Gasteiger partial charge in [0.05, 0.1) is 6.10 Å². The molecule has 112 valence electrons. The van der Waals surface area contributed by atoms with E-state index in [4.69, 9.17) is 0 Å². The fourth-order valence-electron chi connectivity index (χ4n) is 3.96. The first-order valence-electron chi connectivity index (χ1n) is 8.04. The van der Waals surface area contributed by atoms with Gasteiger partial charge in [-0.25, -0.2) is 0 Å². The zero-order valence-electron chi connectivity index (χ0n) is 13.2. The van der Waals surface area contributed by atoms with Crippen molar-refractivity contribution in [1.82, 2.24) is 9.80 Å². The first kappa shape index (κ1) is 15.3. The van der Waals surface area contributed by atoms with Crippen molar-refractivity contribution in [2.45, 2.75) is 51.7 Å². The molecule has 1 heterocycles. The summed E-state index contributed by atoms with van der Waals surface area (Å²) in [5.41, 5.74) is 0. The van der Waals surface area contributed by atoms with Gasteiger partial charge in [0.25, 0.3) is 0 Å². The van der Waals surface area contributed by atoms with E-state index in [-0.39, 0.29) is 6.10 Å². The maximum absolute atomic E-state index is 10.3. The number of rotatable bonds is 4. The third-order valence-electron chi connectivity index (χ3n) is 5.37. The van der Waals surface area contributed by atoms with E-state index in [1.807, 2.05) is 0 Å². The number of hydrogen-bond donors (Lipinski definition) is 1. The lowest BCUT2D eigenvalue weighted by Crippen LogP contribution is -2.48. The summed E-state index contributed by atoms with van der Waals surface area (Å²) in [7, 11) is 4.43. The Kier molecular flexibility index (Phi) is 5.27. The molecule has 0 aromatic rings. The minimum Gasteiger partial charge on any atom is -0.391 e. The Morgan fingerprint density at radius 2 is 2.00 bits per heavy atom. The first-order chi connectivity index (χ1) is 8.97. The third kappa shape index (κ3) is 3.93. The van der Waals surface area contributed by atoms with Crippen LogP contribution in [-0.4, -0.2) is 60.8 Å². The summed E-state index contributed by atoms with van der Waals surface area (Å²) in [5.74, 6) is 2.34. The number of nitrogens with zero attached hydrogens (tertiary/aromatic N) is 2. The molecular formula is C16H32N2O. The quantitative estimate of drug-likeness (QED) is 0.845. The van der Waals surface area contributed by atoms with Crippen LogP contribution in [0.4, 0.5) is 0 Å². The van der Waals surface area contributed by atoms with Crippen molar-refractivity contribution in [3.05, 3.63) is 0 Å². The van der Waals surface area contributed by atoms with Gasteiger partial charge in [-0.1, -0.05) is 13.8 Å². The number of likely N-dealkylation sites (N-methyl/N-ethyl adjacent to an activating group) is 1. The van der Waals surface area contributed by atoms with Crippen LogP contribution in [0.25, 0.3) is 0 Å². The third-order valence-corrected chi connectivity index (χ3v) is 5.37. The summed E-state index contributed by atoms with van der Waals surface area (Å²) in [4.78, 5) is 4.87. The standard InChI is InChI=1S/C16H32N2O/c1-12(2)14-5-6-16(19)15(9-14)18(4)11-13-7-8-17(3)10-13/h12-16,19H,5-11H2,1-4H3. The molecule has 1 saturated heterocycles. The maximum Gasteiger partial charge on any atom is 0.0695 e. The molecule has 0 bridgehead atoms. The Labute approximate surface area is 119 Å². The molecule has 1 saturated carbocycles. The van der Waals surface area contributed by atoms with Gasteiger partial charge in [0.1, 0.15) is 0 Å². The van der Waals surface area contributed by atoms with E-state index >= 15 is 0 Å². The van der Waals surface area contributed by atoms with E-state index in [2.05, 4.69) is 37.7 Å². The molecule has 3 nitrogen and oxygen atoms in total. The molecule has 4 atom stereocenters. The zero-order chi connectivity index (χ0) is 14.0. The molecule has 4 unspecified atom stereocenters. The van der Waals surface area contributed by atoms with Crippen molar-refractivity contribution >= 4 is 0 Å². The second-order valence-corrected chi connectivity index (χ2v) is 7.31. The molecule has 1 aliphatic carbocycles. The molecule has 0 radical (unpaired) electrons. The average molecular weight is 268 g/mol. The van der Waals surface area contributed by atoms with Crippen LogP contribution in [0.3, 0.4) is 0 Å². The molecule has 0 amide bonds. The lowest BCUT2D eigenvalue weighted by Gasteiger charge is -2.41. The molecule has 1 N–H and O–H groups in total. The molecule has 2 aliphatic rings. The lowest BCUT2D eigenvalue weighted by atomic mass is 9.77. The molecule has 2 fully saturated rings. The van der Waals surface area contributed by atoms with Crippen LogP contribution in [0.2, 0.25) is 0 Å². The second-order valence-electron chi connectivity index (χ2n) is 7.31. The van der Waals surface area contributed by atoms with Gasteiger partial charge in [-0.15, -0.1) is 0 Å². The van der Waals surface area contributed by atoms with Crippen LogP contribution in [0.15, 0.2) is 0 Å². The molecule has 19 heavy (non-hydrogen) atoms. The molecule has 0 aromatic carbocycles. The minimum atomic E-state index is -0.112. The Balaban J connectivity index is 1.87. The maximum atomic E-state index is 10.3. The van der Waals surface area contributed by atoms with E-state index in [0.29, 0.717) is 6.04 Å². The number of aliphatic hydroxyl groups excluding tert-OH is 1. The van der Waals surface area contributed by atoms with Gasteiger partial charge in [0, 0.05) is 19.1 Å². The van der Waals surface area contributed by atoms with E-state index in [9.17, 15) is 5.11 Å². The average Bonchev–Trinajstić information content (AvgIpc) is 2.74. The predicted molar refractivity (Wildman–Crippen MR) is 80.2 cm³/mol. The van der Waals surface area contributed by atoms with Crippen LogP contribution in [0.5, 0.6) is 0 Å². The highest BCUT2D eigenvalue weighted by atomic mass is 16.3. The van der Waals surface area contributed by atoms with Crippen molar-refractivity contribution in [2.24, 2.45) is 17.8 Å². The summed E-state index contributed by atoms with van der Waals surface area (Å²) in [6.07, 6.45) is 4.58. The van der Waals surface area contributed by atoms with Gasteiger partial charge in [-0.05, 0) is 64.1 Å². The number of likely N-dealkylation sites (tertiary alicyclic amines) is 1. The molecule has 2 rings (SSSR count). The molecular weight excluding hydrogens is 236 g/mol. The Morgan fingerprint density at radius 1 is 1.26 bits per heavy atom. The Hall–Kier alpha value is -0.120. The number of hydrogen-bond acceptors (Lipinski definition) is 3. The van der Waals surface area contributed by atoms with Crippen molar-refractivity contribution < 1.29 is 5.11 Å². The van der Waals surface area contributed by atoms with Crippen LogP contribution < -0.4 is 0 Å². The molecule has 0 spiro atoms.